The van der Waals surface area contributed by atoms with E-state index in [1.807, 2.05) is 6.07 Å². The largest absolute Gasteiger partial charge is 0.481 e. The number of nitrogens with one attached hydrogen (secondary N) is 2. The van der Waals surface area contributed by atoms with E-state index in [1.54, 1.807) is 36.4 Å². The summed E-state index contributed by atoms with van der Waals surface area (Å²) in [6.07, 6.45) is 8.97. The highest BCUT2D eigenvalue weighted by atomic mass is 19.1. The van der Waals surface area contributed by atoms with Gasteiger partial charge in [-0.2, -0.15) is 0 Å². The highest BCUT2D eigenvalue weighted by molar-refractivity contribution is 6.47. The third-order valence-corrected chi connectivity index (χ3v) is 10.9. The third-order valence-electron chi connectivity index (χ3n) is 10.9. The van der Waals surface area contributed by atoms with Gasteiger partial charge in [0.2, 0.25) is 5.91 Å². The van der Waals surface area contributed by atoms with Crippen LogP contribution in [-0.4, -0.2) is 36.6 Å². The fraction of sp³-hybridized carbons (Fsp3) is 0.588. The summed E-state index contributed by atoms with van der Waals surface area (Å²) in [5, 5.41) is 6.25. The molecule has 0 aromatic heterocycles. The smallest absolute Gasteiger partial charge is 0.404 e. The van der Waals surface area contributed by atoms with E-state index in [1.165, 1.54) is 37.8 Å². The highest BCUT2D eigenvalue weighted by Crippen LogP contribution is 2.65. The molecule has 0 spiro atoms. The number of carbonyl (C=O) groups is 2. The second-order valence-electron chi connectivity index (χ2n) is 13.9. The molecule has 1 heterocycles. The lowest BCUT2D eigenvalue weighted by Gasteiger charge is -2.64. The van der Waals surface area contributed by atoms with Gasteiger partial charge in [-0.25, -0.2) is 4.39 Å². The van der Waals surface area contributed by atoms with E-state index in [0.29, 0.717) is 28.9 Å². The molecule has 2 bridgehead atoms. The minimum absolute atomic E-state index is 0.0195. The zero-order valence-electron chi connectivity index (χ0n) is 25.1. The van der Waals surface area contributed by atoms with Gasteiger partial charge in [0, 0.05) is 5.56 Å². The number of hydrogen-bond acceptors (Lipinski definition) is 4. The molecule has 2 amide bonds. The van der Waals surface area contributed by atoms with Crippen LogP contribution < -0.4 is 10.6 Å². The van der Waals surface area contributed by atoms with Crippen molar-refractivity contribution in [1.29, 1.82) is 0 Å². The molecule has 0 radical (unpaired) electrons. The maximum absolute atomic E-state index is 14.2. The molecular weight excluding hydrogens is 530 g/mol. The molecule has 224 valence electrons. The van der Waals surface area contributed by atoms with Gasteiger partial charge < -0.3 is 19.9 Å². The molecule has 7 rings (SSSR count). The molecule has 2 aromatic rings. The maximum atomic E-state index is 14.2. The number of halogens is 1. The Morgan fingerprint density at radius 3 is 2.48 bits per heavy atom. The average Bonchev–Trinajstić information content (AvgIpc) is 3.34. The van der Waals surface area contributed by atoms with E-state index in [0.717, 1.165) is 25.7 Å². The van der Waals surface area contributed by atoms with Crippen molar-refractivity contribution in [2.24, 2.45) is 23.2 Å². The quantitative estimate of drug-likeness (QED) is 0.340. The van der Waals surface area contributed by atoms with Crippen LogP contribution in [-0.2, 0) is 14.1 Å². The fourth-order valence-corrected chi connectivity index (χ4v) is 8.35. The van der Waals surface area contributed by atoms with Crippen molar-refractivity contribution in [3.63, 3.8) is 0 Å². The van der Waals surface area contributed by atoms with Crippen LogP contribution in [0.5, 0.6) is 0 Å². The summed E-state index contributed by atoms with van der Waals surface area (Å²) in [6.45, 7) is 6.90. The predicted molar refractivity (Wildman–Crippen MR) is 161 cm³/mol. The standard InChI is InChI=1S/C34H44BFN2O4/c1-33(2)25-19-28(33)34(3)29(20-25)41-35(42-34)30(17-22-11-6-4-7-12-22)38-31(39)21-27(24-15-10-16-26(36)18-24)37-32(40)23-13-8-5-9-14-23/h5,8-10,13-16,18,22,25,27-30H,4,6-7,11-12,17,19-21H2,1-3H3,(H,37,40)(H,38,39)/t25-,27?,28-,29+,30-,34-/m0/s1. The molecule has 1 aliphatic heterocycles. The number of hydrogen-bond donors (Lipinski definition) is 2. The van der Waals surface area contributed by atoms with E-state index in [4.69, 9.17) is 9.31 Å². The number of carbonyl (C=O) groups excluding carboxylic acids is 2. The predicted octanol–water partition coefficient (Wildman–Crippen LogP) is 6.41. The Hall–Kier alpha value is -2.71. The first-order valence-corrected chi connectivity index (χ1v) is 15.9. The molecule has 2 N–H and O–H groups in total. The summed E-state index contributed by atoms with van der Waals surface area (Å²) in [6, 6.07) is 14.3. The molecular formula is C34H44BFN2O4. The van der Waals surface area contributed by atoms with Crippen molar-refractivity contribution in [1.82, 2.24) is 10.6 Å². The molecule has 2 aromatic carbocycles. The fourth-order valence-electron chi connectivity index (χ4n) is 8.35. The topological polar surface area (TPSA) is 76.7 Å². The highest BCUT2D eigenvalue weighted by Gasteiger charge is 2.68. The summed E-state index contributed by atoms with van der Waals surface area (Å²) in [4.78, 5) is 26.8. The molecule has 6 nitrogen and oxygen atoms in total. The molecule has 8 heteroatoms. The zero-order chi connectivity index (χ0) is 29.5. The first-order chi connectivity index (χ1) is 20.1. The Balaban J connectivity index is 1.19. The van der Waals surface area contributed by atoms with Gasteiger partial charge in [0.25, 0.3) is 5.91 Å². The minimum Gasteiger partial charge on any atom is -0.404 e. The van der Waals surface area contributed by atoms with Gasteiger partial charge in [-0.05, 0) is 79.2 Å². The van der Waals surface area contributed by atoms with Crippen molar-refractivity contribution in [2.45, 2.75) is 102 Å². The Kier molecular flexibility index (Phi) is 8.23. The van der Waals surface area contributed by atoms with Crippen LogP contribution in [0.3, 0.4) is 0 Å². The SMILES string of the molecule is CC1(C)[C@@H]2C[C@H]3OB([C@H](CC4CCCCC4)NC(=O)CC(NC(=O)c4ccccc4)c4cccc(F)c4)O[C@@]3(C)[C@H]1C2. The second kappa shape index (κ2) is 11.8. The molecule has 4 aliphatic carbocycles. The summed E-state index contributed by atoms with van der Waals surface area (Å²) in [5.74, 6) is 0.375. The summed E-state index contributed by atoms with van der Waals surface area (Å²) in [7, 11) is -0.507. The Labute approximate surface area is 249 Å². The van der Waals surface area contributed by atoms with Gasteiger partial charge in [-0.15, -0.1) is 0 Å². The summed E-state index contributed by atoms with van der Waals surface area (Å²) in [5.41, 5.74) is 0.916. The lowest BCUT2D eigenvalue weighted by molar-refractivity contribution is -0.199. The lowest BCUT2D eigenvalue weighted by atomic mass is 9.43. The van der Waals surface area contributed by atoms with Crippen molar-refractivity contribution in [3.05, 3.63) is 71.5 Å². The van der Waals surface area contributed by atoms with Gasteiger partial charge in [0.05, 0.1) is 30.1 Å². The van der Waals surface area contributed by atoms with Crippen LogP contribution in [0.4, 0.5) is 4.39 Å². The van der Waals surface area contributed by atoms with E-state index in [-0.39, 0.29) is 41.3 Å². The Bertz CT molecular complexity index is 1290. The zero-order valence-corrected chi connectivity index (χ0v) is 25.1. The van der Waals surface area contributed by atoms with Crippen LogP contribution in [0.25, 0.3) is 0 Å². The number of amides is 2. The van der Waals surface area contributed by atoms with Crippen molar-refractivity contribution >= 4 is 18.9 Å². The molecule has 42 heavy (non-hydrogen) atoms. The Morgan fingerprint density at radius 2 is 1.76 bits per heavy atom. The summed E-state index contributed by atoms with van der Waals surface area (Å²) >= 11 is 0. The minimum atomic E-state index is -0.692. The van der Waals surface area contributed by atoms with Crippen LogP contribution >= 0.6 is 0 Å². The molecule has 5 aliphatic rings. The maximum Gasteiger partial charge on any atom is 0.481 e. The van der Waals surface area contributed by atoms with Gasteiger partial charge >= 0.3 is 7.12 Å². The monoisotopic (exact) mass is 574 g/mol. The molecule has 1 saturated heterocycles. The van der Waals surface area contributed by atoms with E-state index >= 15 is 0 Å². The first kappa shape index (κ1) is 29.4. The number of benzene rings is 2. The second-order valence-corrected chi connectivity index (χ2v) is 13.9. The van der Waals surface area contributed by atoms with Crippen LogP contribution in [0.2, 0.25) is 0 Å². The normalized spacial score (nSPS) is 29.6. The Morgan fingerprint density at radius 1 is 1.00 bits per heavy atom. The van der Waals surface area contributed by atoms with E-state index < -0.39 is 19.0 Å². The molecule has 6 atom stereocenters. The average molecular weight is 575 g/mol. The van der Waals surface area contributed by atoms with E-state index in [9.17, 15) is 14.0 Å². The molecule has 4 saturated carbocycles. The van der Waals surface area contributed by atoms with Crippen LogP contribution in [0.15, 0.2) is 54.6 Å². The number of rotatable bonds is 9. The molecule has 1 unspecified atom stereocenters. The van der Waals surface area contributed by atoms with Gasteiger partial charge in [0.1, 0.15) is 5.82 Å². The third kappa shape index (κ3) is 5.77. The van der Waals surface area contributed by atoms with E-state index in [2.05, 4.69) is 31.4 Å². The summed E-state index contributed by atoms with van der Waals surface area (Å²) < 4.78 is 27.7. The van der Waals surface area contributed by atoms with Crippen molar-refractivity contribution in [2.75, 3.05) is 0 Å². The van der Waals surface area contributed by atoms with Gasteiger partial charge in [-0.1, -0.05) is 76.3 Å². The first-order valence-electron chi connectivity index (χ1n) is 15.9. The van der Waals surface area contributed by atoms with Crippen LogP contribution in [0.1, 0.15) is 101 Å². The van der Waals surface area contributed by atoms with Gasteiger partial charge in [0.15, 0.2) is 0 Å². The van der Waals surface area contributed by atoms with Crippen molar-refractivity contribution < 1.29 is 23.3 Å². The van der Waals surface area contributed by atoms with Gasteiger partial charge in [-0.3, -0.25) is 9.59 Å². The molecule has 5 fully saturated rings. The van der Waals surface area contributed by atoms with Crippen molar-refractivity contribution in [3.8, 4) is 0 Å². The van der Waals surface area contributed by atoms with Crippen LogP contribution in [0, 0.1) is 29.0 Å². The lowest BCUT2D eigenvalue weighted by Crippen LogP contribution is -2.65.